The van der Waals surface area contributed by atoms with E-state index >= 15 is 0 Å². The highest BCUT2D eigenvalue weighted by Gasteiger charge is 2.21. The summed E-state index contributed by atoms with van der Waals surface area (Å²) in [5.41, 5.74) is 0.956. The fourth-order valence-corrected chi connectivity index (χ4v) is 3.31. The van der Waals surface area contributed by atoms with Crippen LogP contribution in [0.5, 0.6) is 0 Å². The van der Waals surface area contributed by atoms with Crippen molar-refractivity contribution in [1.29, 1.82) is 0 Å². The van der Waals surface area contributed by atoms with Crippen molar-refractivity contribution >= 4 is 11.6 Å². The number of benzene rings is 1. The molecule has 1 aromatic carbocycles. The summed E-state index contributed by atoms with van der Waals surface area (Å²) < 4.78 is 0. The predicted octanol–water partition coefficient (Wildman–Crippen LogP) is 3.43. The van der Waals surface area contributed by atoms with Gasteiger partial charge in [0.1, 0.15) is 0 Å². The number of likely N-dealkylation sites (tertiary alicyclic amines) is 1. The molecule has 0 saturated carbocycles. The van der Waals surface area contributed by atoms with Gasteiger partial charge in [0, 0.05) is 11.6 Å². The van der Waals surface area contributed by atoms with Crippen molar-refractivity contribution in [2.45, 2.75) is 31.8 Å². The Morgan fingerprint density at radius 1 is 1.23 bits per heavy atom. The molecule has 2 rings (SSSR count). The molecule has 0 aromatic heterocycles. The molecule has 1 aliphatic rings. The van der Waals surface area contributed by atoms with E-state index in [1.165, 1.54) is 32.2 Å². The van der Waals surface area contributed by atoms with Crippen LogP contribution >= 0.6 is 11.6 Å². The largest absolute Gasteiger partial charge is 0.387 e. The molecule has 0 radical (unpaired) electrons. The average molecular weight is 325 g/mol. The lowest BCUT2D eigenvalue weighted by atomic mass is 9.92. The summed E-state index contributed by atoms with van der Waals surface area (Å²) in [5, 5.41) is 11.1. The molecule has 0 amide bonds. The van der Waals surface area contributed by atoms with E-state index in [9.17, 15) is 5.11 Å². The number of nitrogens with zero attached hydrogens (tertiary/aromatic N) is 2. The van der Waals surface area contributed by atoms with E-state index in [-0.39, 0.29) is 0 Å². The van der Waals surface area contributed by atoms with Crippen molar-refractivity contribution in [1.82, 2.24) is 9.80 Å². The molecule has 0 aliphatic carbocycles. The molecule has 1 fully saturated rings. The third-order valence-corrected chi connectivity index (χ3v) is 4.86. The molecule has 1 N–H and O–H groups in total. The van der Waals surface area contributed by atoms with Crippen LogP contribution < -0.4 is 0 Å². The smallest absolute Gasteiger partial charge is 0.0916 e. The molecule has 0 spiro atoms. The van der Waals surface area contributed by atoms with Crippen LogP contribution in [0.1, 0.15) is 37.4 Å². The number of hydrogen-bond donors (Lipinski definition) is 1. The van der Waals surface area contributed by atoms with Gasteiger partial charge in [0.05, 0.1) is 6.10 Å². The van der Waals surface area contributed by atoms with Crippen LogP contribution in [0.25, 0.3) is 0 Å². The number of piperidine rings is 1. The van der Waals surface area contributed by atoms with Gasteiger partial charge in [-0.05, 0) is 83.0 Å². The van der Waals surface area contributed by atoms with Crippen LogP contribution in [0.3, 0.4) is 0 Å². The number of aliphatic hydroxyl groups is 1. The van der Waals surface area contributed by atoms with Crippen molar-refractivity contribution in [2.24, 2.45) is 5.92 Å². The molecule has 1 atom stereocenters. The van der Waals surface area contributed by atoms with Gasteiger partial charge in [0.2, 0.25) is 0 Å². The second kappa shape index (κ2) is 8.88. The van der Waals surface area contributed by atoms with Crippen molar-refractivity contribution in [3.63, 3.8) is 0 Å². The average Bonchev–Trinajstić information content (AvgIpc) is 2.49. The van der Waals surface area contributed by atoms with Crippen molar-refractivity contribution in [2.75, 3.05) is 40.3 Å². The van der Waals surface area contributed by atoms with Gasteiger partial charge in [-0.25, -0.2) is 0 Å². The number of aliphatic hydroxyl groups excluding tert-OH is 1. The highest BCUT2D eigenvalue weighted by molar-refractivity contribution is 6.30. The van der Waals surface area contributed by atoms with Crippen molar-refractivity contribution < 1.29 is 5.11 Å². The number of β-amino-alcohol motifs (C(OH)–C–C–N with tert-alkyl or cyclic N) is 1. The zero-order valence-electron chi connectivity index (χ0n) is 13.8. The number of rotatable bonds is 7. The predicted molar refractivity (Wildman–Crippen MR) is 93.4 cm³/mol. The van der Waals surface area contributed by atoms with Gasteiger partial charge in [-0.15, -0.1) is 0 Å². The van der Waals surface area contributed by atoms with Gasteiger partial charge in [-0.1, -0.05) is 23.7 Å². The highest BCUT2D eigenvalue weighted by atomic mass is 35.5. The summed E-state index contributed by atoms with van der Waals surface area (Å²) in [4.78, 5) is 4.65. The van der Waals surface area contributed by atoms with E-state index in [1.807, 2.05) is 24.3 Å². The molecule has 0 bridgehead atoms. The molecule has 1 saturated heterocycles. The maximum absolute atomic E-state index is 10.3. The Morgan fingerprint density at radius 3 is 2.45 bits per heavy atom. The third kappa shape index (κ3) is 5.88. The molecule has 4 heteroatoms. The number of hydrogen-bond acceptors (Lipinski definition) is 3. The molecule has 124 valence electrons. The molecule has 3 nitrogen and oxygen atoms in total. The molecular formula is C18H29ClN2O. The van der Waals surface area contributed by atoms with E-state index < -0.39 is 6.10 Å². The zero-order chi connectivity index (χ0) is 15.9. The van der Waals surface area contributed by atoms with Crippen LogP contribution in [-0.2, 0) is 0 Å². The first kappa shape index (κ1) is 17.7. The Kier molecular flexibility index (Phi) is 7.16. The summed E-state index contributed by atoms with van der Waals surface area (Å²) in [6.45, 7) is 4.14. The minimum atomic E-state index is -0.414. The van der Waals surface area contributed by atoms with Crippen molar-refractivity contribution in [3.8, 4) is 0 Å². The lowest BCUT2D eigenvalue weighted by molar-refractivity contribution is 0.0873. The second-order valence-corrected chi connectivity index (χ2v) is 7.19. The summed E-state index contributed by atoms with van der Waals surface area (Å²) in [6.07, 6.45) is 4.75. The Labute approximate surface area is 139 Å². The topological polar surface area (TPSA) is 26.7 Å². The first-order valence-corrected chi connectivity index (χ1v) is 8.73. The minimum absolute atomic E-state index is 0.414. The quantitative estimate of drug-likeness (QED) is 0.832. The lowest BCUT2D eigenvalue weighted by Gasteiger charge is -2.33. The second-order valence-electron chi connectivity index (χ2n) is 6.76. The van der Waals surface area contributed by atoms with Gasteiger partial charge in [0.25, 0.3) is 0 Å². The van der Waals surface area contributed by atoms with E-state index in [0.29, 0.717) is 0 Å². The Balaban J connectivity index is 1.69. The van der Waals surface area contributed by atoms with Crippen LogP contribution in [0.4, 0.5) is 0 Å². The maximum Gasteiger partial charge on any atom is 0.0916 e. The molecule has 1 unspecified atom stereocenters. The van der Waals surface area contributed by atoms with E-state index in [4.69, 9.17) is 11.6 Å². The standard InChI is InChI=1S/C18H29ClN2O/c1-20(2)11-3-4-15-9-12-21(13-10-15)14-18(22)16-5-7-17(19)8-6-16/h5-8,15,18,22H,3-4,9-14H2,1-2H3. The molecular weight excluding hydrogens is 296 g/mol. The van der Waals surface area contributed by atoms with E-state index in [2.05, 4.69) is 23.9 Å². The van der Waals surface area contributed by atoms with Crippen LogP contribution in [0, 0.1) is 5.92 Å². The summed E-state index contributed by atoms with van der Waals surface area (Å²) in [7, 11) is 4.28. The van der Waals surface area contributed by atoms with E-state index in [0.717, 1.165) is 36.1 Å². The third-order valence-electron chi connectivity index (χ3n) is 4.61. The zero-order valence-corrected chi connectivity index (χ0v) is 14.6. The Morgan fingerprint density at radius 2 is 1.86 bits per heavy atom. The first-order chi connectivity index (χ1) is 10.5. The van der Waals surface area contributed by atoms with Crippen LogP contribution in [0.2, 0.25) is 5.02 Å². The summed E-state index contributed by atoms with van der Waals surface area (Å²) in [5.74, 6) is 0.865. The maximum atomic E-state index is 10.3. The van der Waals surface area contributed by atoms with Crippen molar-refractivity contribution in [3.05, 3.63) is 34.9 Å². The van der Waals surface area contributed by atoms with Crippen LogP contribution in [0.15, 0.2) is 24.3 Å². The fraction of sp³-hybridized carbons (Fsp3) is 0.667. The van der Waals surface area contributed by atoms with Gasteiger partial charge in [-0.3, -0.25) is 0 Å². The summed E-state index contributed by atoms with van der Waals surface area (Å²) >= 11 is 5.89. The van der Waals surface area contributed by atoms with Crippen LogP contribution in [-0.4, -0.2) is 55.2 Å². The highest BCUT2D eigenvalue weighted by Crippen LogP contribution is 2.24. The first-order valence-electron chi connectivity index (χ1n) is 8.35. The lowest BCUT2D eigenvalue weighted by Crippen LogP contribution is -2.36. The molecule has 22 heavy (non-hydrogen) atoms. The normalized spacial score (nSPS) is 18.8. The number of halogens is 1. The van der Waals surface area contributed by atoms with Gasteiger partial charge in [-0.2, -0.15) is 0 Å². The SMILES string of the molecule is CN(C)CCCC1CCN(CC(O)c2ccc(Cl)cc2)CC1. The summed E-state index contributed by atoms with van der Waals surface area (Å²) in [6, 6.07) is 7.52. The molecule has 1 heterocycles. The molecule has 1 aliphatic heterocycles. The van der Waals surface area contributed by atoms with E-state index in [1.54, 1.807) is 0 Å². The van der Waals surface area contributed by atoms with Gasteiger partial charge in [0.15, 0.2) is 0 Å². The fourth-order valence-electron chi connectivity index (χ4n) is 3.19. The Bertz CT molecular complexity index is 427. The molecule has 1 aromatic rings. The monoisotopic (exact) mass is 324 g/mol. The van der Waals surface area contributed by atoms with Gasteiger partial charge < -0.3 is 14.9 Å². The minimum Gasteiger partial charge on any atom is -0.387 e. The van der Waals surface area contributed by atoms with Gasteiger partial charge >= 0.3 is 0 Å². The Hall–Kier alpha value is -0.610.